The molecule has 0 saturated carbocycles. The van der Waals surface area contributed by atoms with Gasteiger partial charge in [0, 0.05) is 0 Å². The Labute approximate surface area is 108 Å². The second kappa shape index (κ2) is 4.78. The van der Waals surface area contributed by atoms with Crippen LogP contribution < -0.4 is 4.74 Å². The average Bonchev–Trinajstić information content (AvgIpc) is 2.86. The molecule has 1 aromatic rings. The second-order valence-electron chi connectivity index (χ2n) is 3.82. The van der Waals surface area contributed by atoms with Crippen molar-refractivity contribution in [3.63, 3.8) is 0 Å². The summed E-state index contributed by atoms with van der Waals surface area (Å²) in [6, 6.07) is 9.40. The molecule has 0 saturated heterocycles. The lowest BCUT2D eigenvalue weighted by molar-refractivity contribution is -0.116. The van der Waals surface area contributed by atoms with Crippen LogP contribution in [0.2, 0.25) is 0 Å². The molecule has 0 radical (unpaired) electrons. The van der Waals surface area contributed by atoms with Gasteiger partial charge in [-0.25, -0.2) is 4.99 Å². The molecule has 3 rings (SSSR count). The molecular formula is C13H10N2O2S. The third kappa shape index (κ3) is 2.22. The second-order valence-corrected chi connectivity index (χ2v) is 4.84. The van der Waals surface area contributed by atoms with Gasteiger partial charge >= 0.3 is 0 Å². The number of ether oxygens (including phenoxy) is 1. The summed E-state index contributed by atoms with van der Waals surface area (Å²) in [5, 5.41) is 1.63. The standard InChI is InChI=1S/C13H10N2O2S/c16-13-12-10(6-7-18-12)14-11(15-13)8-17-9-4-2-1-3-5-9/h1-7,12H,8H2. The topological polar surface area (TPSA) is 51.0 Å². The Morgan fingerprint density at radius 3 is 2.89 bits per heavy atom. The summed E-state index contributed by atoms with van der Waals surface area (Å²) < 4.78 is 5.52. The van der Waals surface area contributed by atoms with Crippen molar-refractivity contribution >= 4 is 29.2 Å². The minimum atomic E-state index is -0.245. The normalized spacial score (nSPS) is 21.3. The molecule has 2 heterocycles. The zero-order chi connectivity index (χ0) is 12.4. The van der Waals surface area contributed by atoms with E-state index in [1.807, 2.05) is 41.8 Å². The number of para-hydroxylation sites is 1. The van der Waals surface area contributed by atoms with Gasteiger partial charge in [0.2, 0.25) is 0 Å². The van der Waals surface area contributed by atoms with E-state index >= 15 is 0 Å². The highest BCUT2D eigenvalue weighted by atomic mass is 32.2. The molecule has 0 spiro atoms. The Balaban J connectivity index is 1.70. The predicted octanol–water partition coefficient (Wildman–Crippen LogP) is 2.07. The van der Waals surface area contributed by atoms with Crippen LogP contribution in [0.15, 0.2) is 51.8 Å². The number of rotatable bonds is 3. The summed E-state index contributed by atoms with van der Waals surface area (Å²) >= 11 is 1.44. The molecule has 1 amide bonds. The molecule has 1 aromatic carbocycles. The van der Waals surface area contributed by atoms with Gasteiger partial charge in [0.1, 0.15) is 17.6 Å². The third-order valence-electron chi connectivity index (χ3n) is 2.55. The summed E-state index contributed by atoms with van der Waals surface area (Å²) in [6.07, 6.45) is 1.85. The SMILES string of the molecule is O=C1N=C(COc2ccccc2)N=C2C=CSC12. The zero-order valence-corrected chi connectivity index (χ0v) is 10.3. The third-order valence-corrected chi connectivity index (χ3v) is 3.56. The van der Waals surface area contributed by atoms with E-state index in [2.05, 4.69) is 9.98 Å². The number of hydrogen-bond donors (Lipinski definition) is 0. The van der Waals surface area contributed by atoms with Crippen molar-refractivity contribution in [2.45, 2.75) is 5.25 Å². The van der Waals surface area contributed by atoms with E-state index in [1.54, 1.807) is 0 Å². The monoisotopic (exact) mass is 258 g/mol. The summed E-state index contributed by atoms with van der Waals surface area (Å²) in [5.41, 5.74) is 0.770. The molecule has 0 aromatic heterocycles. The van der Waals surface area contributed by atoms with Crippen molar-refractivity contribution in [3.05, 3.63) is 41.8 Å². The number of thioether (sulfide) groups is 1. The fourth-order valence-corrected chi connectivity index (χ4v) is 2.53. The number of amides is 1. The average molecular weight is 258 g/mol. The summed E-state index contributed by atoms with van der Waals surface area (Å²) in [7, 11) is 0. The minimum Gasteiger partial charge on any atom is -0.486 e. The van der Waals surface area contributed by atoms with Crippen LogP contribution in [-0.4, -0.2) is 29.3 Å². The summed E-state index contributed by atoms with van der Waals surface area (Å²) in [4.78, 5) is 20.0. The maximum absolute atomic E-state index is 11.7. The molecule has 4 nitrogen and oxygen atoms in total. The number of nitrogens with zero attached hydrogens (tertiary/aromatic N) is 2. The predicted molar refractivity (Wildman–Crippen MR) is 72.3 cm³/mol. The number of fused-ring (bicyclic) bond motifs is 1. The first-order valence-corrected chi connectivity index (χ1v) is 6.47. The lowest BCUT2D eigenvalue weighted by Gasteiger charge is -2.13. The Bertz CT molecular complexity index is 564. The number of benzene rings is 1. The molecule has 18 heavy (non-hydrogen) atoms. The van der Waals surface area contributed by atoms with E-state index in [-0.39, 0.29) is 17.8 Å². The lowest BCUT2D eigenvalue weighted by Crippen LogP contribution is -2.29. The Morgan fingerprint density at radius 2 is 2.06 bits per heavy atom. The molecule has 5 heteroatoms. The van der Waals surface area contributed by atoms with Crippen LogP contribution in [0.3, 0.4) is 0 Å². The van der Waals surface area contributed by atoms with Crippen LogP contribution in [0, 0.1) is 0 Å². The van der Waals surface area contributed by atoms with E-state index < -0.39 is 0 Å². The Hall–Kier alpha value is -1.88. The maximum Gasteiger partial charge on any atom is 0.267 e. The van der Waals surface area contributed by atoms with Gasteiger partial charge in [0.15, 0.2) is 5.84 Å². The number of hydrogen-bond acceptors (Lipinski definition) is 4. The van der Waals surface area contributed by atoms with E-state index in [1.165, 1.54) is 11.8 Å². The Kier molecular flexibility index (Phi) is 2.98. The van der Waals surface area contributed by atoms with E-state index in [4.69, 9.17) is 4.74 Å². The van der Waals surface area contributed by atoms with Crippen molar-refractivity contribution in [2.75, 3.05) is 6.61 Å². The largest absolute Gasteiger partial charge is 0.486 e. The first-order chi connectivity index (χ1) is 8.83. The van der Waals surface area contributed by atoms with Crippen LogP contribution in [0.5, 0.6) is 5.75 Å². The molecule has 2 aliphatic rings. The fourth-order valence-electron chi connectivity index (χ4n) is 1.71. The number of amidine groups is 1. The highest BCUT2D eigenvalue weighted by molar-refractivity contribution is 8.04. The minimum absolute atomic E-state index is 0.151. The summed E-state index contributed by atoms with van der Waals surface area (Å²) in [5.74, 6) is 1.02. The van der Waals surface area contributed by atoms with Gasteiger partial charge in [-0.05, 0) is 23.6 Å². The zero-order valence-electron chi connectivity index (χ0n) is 9.45. The van der Waals surface area contributed by atoms with Crippen LogP contribution in [0.1, 0.15) is 0 Å². The van der Waals surface area contributed by atoms with E-state index in [0.29, 0.717) is 5.84 Å². The molecule has 0 bridgehead atoms. The van der Waals surface area contributed by atoms with Crippen molar-refractivity contribution < 1.29 is 9.53 Å². The van der Waals surface area contributed by atoms with Crippen molar-refractivity contribution in [1.29, 1.82) is 0 Å². The molecule has 1 atom stereocenters. The van der Waals surface area contributed by atoms with Gasteiger partial charge < -0.3 is 4.74 Å². The number of aliphatic imine (C=N–C) groups is 2. The molecule has 0 N–H and O–H groups in total. The van der Waals surface area contributed by atoms with Crippen LogP contribution in [0.4, 0.5) is 0 Å². The highest BCUT2D eigenvalue weighted by Gasteiger charge is 2.30. The van der Waals surface area contributed by atoms with Gasteiger partial charge in [-0.2, -0.15) is 4.99 Å². The van der Waals surface area contributed by atoms with E-state index in [9.17, 15) is 4.79 Å². The van der Waals surface area contributed by atoms with Crippen LogP contribution in [0.25, 0.3) is 0 Å². The van der Waals surface area contributed by atoms with Gasteiger partial charge in [0.25, 0.3) is 5.91 Å². The molecule has 0 fully saturated rings. The van der Waals surface area contributed by atoms with Gasteiger partial charge in [-0.15, -0.1) is 11.8 Å². The molecule has 1 unspecified atom stereocenters. The smallest absolute Gasteiger partial charge is 0.267 e. The van der Waals surface area contributed by atoms with Gasteiger partial charge in [0.05, 0.1) is 5.71 Å². The molecular weight excluding hydrogens is 248 g/mol. The molecule has 2 aliphatic heterocycles. The first kappa shape index (κ1) is 11.2. The summed E-state index contributed by atoms with van der Waals surface area (Å²) in [6.45, 7) is 0.213. The van der Waals surface area contributed by atoms with Gasteiger partial charge in [-0.1, -0.05) is 18.2 Å². The van der Waals surface area contributed by atoms with Gasteiger partial charge in [-0.3, -0.25) is 4.79 Å². The number of allylic oxidation sites excluding steroid dienone is 1. The molecule has 0 aliphatic carbocycles. The fraction of sp³-hybridized carbons (Fsp3) is 0.154. The molecule has 90 valence electrons. The number of carbonyl (C=O) groups is 1. The maximum atomic E-state index is 11.7. The number of carbonyl (C=O) groups excluding carboxylic acids is 1. The van der Waals surface area contributed by atoms with E-state index in [0.717, 1.165) is 11.5 Å². The van der Waals surface area contributed by atoms with Crippen molar-refractivity contribution in [2.24, 2.45) is 9.98 Å². The Morgan fingerprint density at radius 1 is 1.22 bits per heavy atom. The highest BCUT2D eigenvalue weighted by Crippen LogP contribution is 2.25. The van der Waals surface area contributed by atoms with Crippen molar-refractivity contribution in [3.8, 4) is 5.75 Å². The quantitative estimate of drug-likeness (QED) is 0.834. The lowest BCUT2D eigenvalue weighted by atomic mass is 10.2. The van der Waals surface area contributed by atoms with Crippen LogP contribution in [-0.2, 0) is 4.79 Å². The first-order valence-electron chi connectivity index (χ1n) is 5.53. The van der Waals surface area contributed by atoms with Crippen molar-refractivity contribution in [1.82, 2.24) is 0 Å². The van der Waals surface area contributed by atoms with Crippen LogP contribution >= 0.6 is 11.8 Å².